The second kappa shape index (κ2) is 9.95. The number of fused-ring (bicyclic) bond motifs is 2. The Morgan fingerprint density at radius 1 is 1.05 bits per heavy atom. The topological polar surface area (TPSA) is 146 Å². The molecule has 1 heterocycles. The van der Waals surface area contributed by atoms with Crippen LogP contribution in [0.3, 0.4) is 0 Å². The number of benzene rings is 1. The summed E-state index contributed by atoms with van der Waals surface area (Å²) < 4.78 is 16.0. The van der Waals surface area contributed by atoms with E-state index in [9.17, 15) is 19.2 Å². The van der Waals surface area contributed by atoms with E-state index in [1.54, 1.807) is 52.8 Å². The Morgan fingerprint density at radius 2 is 1.73 bits per heavy atom. The highest BCUT2D eigenvalue weighted by Crippen LogP contribution is 2.63. The molecule has 4 rings (SSSR count). The molecule has 2 aliphatic carbocycles. The minimum atomic E-state index is -1.58. The third-order valence-electron chi connectivity index (χ3n) is 6.57. The number of carbonyl (C=O) groups excluding carboxylic acids is 4. The van der Waals surface area contributed by atoms with Gasteiger partial charge in [0.15, 0.2) is 0 Å². The molecule has 1 aromatic carbocycles. The van der Waals surface area contributed by atoms with Crippen molar-refractivity contribution in [1.82, 2.24) is 20.6 Å². The summed E-state index contributed by atoms with van der Waals surface area (Å²) in [4.78, 5) is 60.7. The van der Waals surface area contributed by atoms with Crippen LogP contribution >= 0.6 is 0 Å². The molecule has 5 unspecified atom stereocenters. The minimum absolute atomic E-state index is 0.0169. The van der Waals surface area contributed by atoms with Crippen molar-refractivity contribution in [2.24, 2.45) is 17.8 Å². The molecule has 0 bridgehead atoms. The molecule has 2 N–H and O–H groups in total. The van der Waals surface area contributed by atoms with Crippen molar-refractivity contribution in [2.45, 2.75) is 58.2 Å². The number of nitrogens with one attached hydrogen (secondary N) is 2. The van der Waals surface area contributed by atoms with Crippen molar-refractivity contribution in [3.8, 4) is 0 Å². The zero-order valence-electron chi connectivity index (χ0n) is 21.6. The molecule has 0 spiro atoms. The fourth-order valence-electron chi connectivity index (χ4n) is 5.24. The van der Waals surface area contributed by atoms with Gasteiger partial charge in [-0.05, 0) is 52.7 Å². The molecule has 2 amide bonds. The van der Waals surface area contributed by atoms with Gasteiger partial charge in [0.1, 0.15) is 16.8 Å². The number of hydrogen-bond donors (Lipinski definition) is 2. The number of aromatic nitrogens is 2. The zero-order valence-corrected chi connectivity index (χ0v) is 21.6. The minimum Gasteiger partial charge on any atom is -0.466 e. The Hall–Kier alpha value is -3.76. The van der Waals surface area contributed by atoms with Gasteiger partial charge in [0.2, 0.25) is 0 Å². The average molecular weight is 513 g/mol. The maximum Gasteiger partial charge on any atom is 0.408 e. The predicted octanol–water partition coefficient (Wildman–Crippen LogP) is 2.38. The lowest BCUT2D eigenvalue weighted by molar-refractivity contribution is -0.153. The first-order valence-corrected chi connectivity index (χ1v) is 12.4. The highest BCUT2D eigenvalue weighted by molar-refractivity contribution is 5.95. The SMILES string of the molecule is CCOC(=O)C1C2C(NC(=O)c3cnc4ccccc4n3)CC(NC(=O)OC(C)(C)C)(C(=O)OCC)C12. The molecule has 2 fully saturated rings. The van der Waals surface area contributed by atoms with Crippen molar-refractivity contribution in [2.75, 3.05) is 13.2 Å². The molecule has 198 valence electrons. The van der Waals surface area contributed by atoms with Crippen LogP contribution in [-0.4, -0.2) is 64.3 Å². The van der Waals surface area contributed by atoms with Gasteiger partial charge < -0.3 is 24.8 Å². The number of nitrogens with zero attached hydrogens (tertiary/aromatic N) is 2. The van der Waals surface area contributed by atoms with Crippen LogP contribution < -0.4 is 10.6 Å². The molecule has 1 aromatic heterocycles. The number of rotatable bonds is 7. The van der Waals surface area contributed by atoms with Crippen LogP contribution in [0.15, 0.2) is 30.5 Å². The van der Waals surface area contributed by atoms with E-state index in [-0.39, 0.29) is 25.3 Å². The normalized spacial score (nSPS) is 26.1. The van der Waals surface area contributed by atoms with E-state index in [0.29, 0.717) is 11.0 Å². The standard InChI is InChI=1S/C26H32N4O7/c1-6-35-22(32)19-18-16(29-21(31)17-13-27-14-10-8-9-11-15(14)28-17)12-26(20(18)19,23(33)36-7-2)30-24(34)37-25(3,4)5/h8-11,13,16,18-20H,6-7,12H2,1-5H3,(H,29,31)(H,30,34). The summed E-state index contributed by atoms with van der Waals surface area (Å²) in [5.74, 6) is -3.48. The van der Waals surface area contributed by atoms with Gasteiger partial charge in [0.25, 0.3) is 5.91 Å². The van der Waals surface area contributed by atoms with Crippen LogP contribution in [0.25, 0.3) is 11.0 Å². The average Bonchev–Trinajstić information content (AvgIpc) is 3.51. The lowest BCUT2D eigenvalue weighted by atomic mass is 9.88. The van der Waals surface area contributed by atoms with E-state index in [1.165, 1.54) is 6.20 Å². The van der Waals surface area contributed by atoms with Gasteiger partial charge in [-0.25, -0.2) is 14.6 Å². The third kappa shape index (κ3) is 5.21. The molecule has 11 nitrogen and oxygen atoms in total. The van der Waals surface area contributed by atoms with Gasteiger partial charge in [-0.15, -0.1) is 0 Å². The highest BCUT2D eigenvalue weighted by Gasteiger charge is 2.76. The summed E-state index contributed by atoms with van der Waals surface area (Å²) >= 11 is 0. The van der Waals surface area contributed by atoms with Gasteiger partial charge >= 0.3 is 18.0 Å². The first kappa shape index (κ1) is 26.3. The van der Waals surface area contributed by atoms with E-state index in [0.717, 1.165) is 0 Å². The van der Waals surface area contributed by atoms with Crippen molar-refractivity contribution < 1.29 is 33.4 Å². The maximum absolute atomic E-state index is 13.3. The molecule has 0 saturated heterocycles. The number of alkyl carbamates (subject to hydrolysis) is 1. The van der Waals surface area contributed by atoms with Crippen LogP contribution in [0.1, 0.15) is 51.5 Å². The number of ether oxygens (including phenoxy) is 3. The molecule has 2 aliphatic rings. The highest BCUT2D eigenvalue weighted by atomic mass is 16.6. The molecule has 0 aliphatic heterocycles. The summed E-state index contributed by atoms with van der Waals surface area (Å²) in [5, 5.41) is 5.60. The van der Waals surface area contributed by atoms with Crippen molar-refractivity contribution in [3.63, 3.8) is 0 Å². The van der Waals surface area contributed by atoms with Crippen LogP contribution in [0.4, 0.5) is 4.79 Å². The van der Waals surface area contributed by atoms with Gasteiger partial charge in [0, 0.05) is 18.4 Å². The molecule has 5 atom stereocenters. The van der Waals surface area contributed by atoms with Crippen molar-refractivity contribution >= 4 is 35.0 Å². The second-order valence-electron chi connectivity index (χ2n) is 10.2. The Balaban J connectivity index is 1.64. The Labute approximate surface area is 214 Å². The molecule has 11 heteroatoms. The number of hydrogen-bond acceptors (Lipinski definition) is 9. The van der Waals surface area contributed by atoms with Gasteiger partial charge in [-0.2, -0.15) is 0 Å². The maximum atomic E-state index is 13.3. The lowest BCUT2D eigenvalue weighted by Gasteiger charge is -2.33. The predicted molar refractivity (Wildman–Crippen MR) is 131 cm³/mol. The van der Waals surface area contributed by atoms with Crippen LogP contribution in [0.2, 0.25) is 0 Å². The lowest BCUT2D eigenvalue weighted by Crippen LogP contribution is -2.59. The van der Waals surface area contributed by atoms with Crippen LogP contribution in [-0.2, 0) is 23.8 Å². The Kier molecular flexibility index (Phi) is 7.07. The third-order valence-corrected chi connectivity index (χ3v) is 6.57. The van der Waals surface area contributed by atoms with Gasteiger partial charge in [-0.3, -0.25) is 14.6 Å². The quantitative estimate of drug-likeness (QED) is 0.422. The number of esters is 2. The van der Waals surface area contributed by atoms with E-state index < -0.39 is 58.9 Å². The van der Waals surface area contributed by atoms with Crippen molar-refractivity contribution in [3.05, 3.63) is 36.2 Å². The molecular weight excluding hydrogens is 480 g/mol. The van der Waals surface area contributed by atoms with E-state index in [1.807, 2.05) is 6.07 Å². The summed E-state index contributed by atoms with van der Waals surface area (Å²) in [7, 11) is 0. The number of para-hydroxylation sites is 2. The summed E-state index contributed by atoms with van der Waals surface area (Å²) in [5.41, 5.74) is -1.09. The molecular formula is C26H32N4O7. The monoisotopic (exact) mass is 512 g/mol. The summed E-state index contributed by atoms with van der Waals surface area (Å²) in [6, 6.07) is 6.52. The molecule has 0 radical (unpaired) electrons. The molecule has 2 aromatic rings. The smallest absolute Gasteiger partial charge is 0.408 e. The molecule has 37 heavy (non-hydrogen) atoms. The largest absolute Gasteiger partial charge is 0.466 e. The number of carbonyl (C=O) groups is 4. The van der Waals surface area contributed by atoms with E-state index in [2.05, 4.69) is 20.6 Å². The van der Waals surface area contributed by atoms with Crippen LogP contribution in [0.5, 0.6) is 0 Å². The van der Waals surface area contributed by atoms with E-state index in [4.69, 9.17) is 14.2 Å². The fraction of sp³-hybridized carbons (Fsp3) is 0.538. The van der Waals surface area contributed by atoms with E-state index >= 15 is 0 Å². The van der Waals surface area contributed by atoms with Gasteiger partial charge in [0.05, 0.1) is 36.4 Å². The Bertz CT molecular complexity index is 1230. The number of amides is 2. The van der Waals surface area contributed by atoms with Crippen molar-refractivity contribution in [1.29, 1.82) is 0 Å². The fourth-order valence-corrected chi connectivity index (χ4v) is 5.24. The Morgan fingerprint density at radius 3 is 2.38 bits per heavy atom. The first-order chi connectivity index (χ1) is 17.5. The summed E-state index contributed by atoms with van der Waals surface area (Å²) in [6.45, 7) is 8.67. The molecule has 2 saturated carbocycles. The second-order valence-corrected chi connectivity index (χ2v) is 10.2. The zero-order chi connectivity index (χ0) is 27.0. The van der Waals surface area contributed by atoms with Gasteiger partial charge in [-0.1, -0.05) is 12.1 Å². The first-order valence-electron chi connectivity index (χ1n) is 12.4. The summed E-state index contributed by atoms with van der Waals surface area (Å²) in [6.07, 6.45) is 0.571. The van der Waals surface area contributed by atoms with Crippen LogP contribution in [0, 0.1) is 17.8 Å².